The van der Waals surface area contributed by atoms with Crippen LogP contribution in [0.4, 0.5) is 0 Å². The Morgan fingerprint density at radius 1 is 0.920 bits per heavy atom. The Labute approximate surface area is 153 Å². The average Bonchev–Trinajstić information content (AvgIpc) is 2.64. The molecule has 0 radical (unpaired) electrons. The monoisotopic (exact) mass is 349 g/mol. The van der Waals surface area contributed by atoms with Crippen LogP contribution in [-0.2, 0) is 0 Å². The second kappa shape index (κ2) is 14.8. The number of benzene rings is 1. The summed E-state index contributed by atoms with van der Waals surface area (Å²) in [7, 11) is 0. The normalized spacial score (nSPS) is 10.6. The Balaban J connectivity index is 2.01. The van der Waals surface area contributed by atoms with Crippen molar-refractivity contribution in [3.63, 3.8) is 0 Å². The van der Waals surface area contributed by atoms with E-state index in [-0.39, 0.29) is 19.1 Å². The van der Waals surface area contributed by atoms with Crippen molar-refractivity contribution >= 4 is 5.91 Å². The average molecular weight is 350 g/mol. The van der Waals surface area contributed by atoms with Crippen molar-refractivity contribution in [3.8, 4) is 5.75 Å². The number of ether oxygens (including phenoxy) is 1. The van der Waals surface area contributed by atoms with Crippen molar-refractivity contribution < 1.29 is 14.6 Å². The number of nitrogens with one attached hydrogen (secondary N) is 1. The first kappa shape index (κ1) is 21.5. The summed E-state index contributed by atoms with van der Waals surface area (Å²) in [5.41, 5.74) is 0.642. The zero-order valence-corrected chi connectivity index (χ0v) is 15.8. The molecular formula is C21H35NO3. The molecule has 0 aromatic heterocycles. The van der Waals surface area contributed by atoms with Gasteiger partial charge in [0, 0.05) is 12.1 Å². The molecule has 0 atom stereocenters. The minimum absolute atomic E-state index is 0.0128. The summed E-state index contributed by atoms with van der Waals surface area (Å²) in [5, 5.41) is 11.7. The second-order valence-corrected chi connectivity index (χ2v) is 6.53. The molecule has 0 bridgehead atoms. The van der Waals surface area contributed by atoms with Crippen molar-refractivity contribution in [1.82, 2.24) is 5.32 Å². The smallest absolute Gasteiger partial charge is 0.251 e. The number of hydrogen-bond donors (Lipinski definition) is 2. The van der Waals surface area contributed by atoms with Gasteiger partial charge in [0.15, 0.2) is 0 Å². The van der Waals surface area contributed by atoms with Crippen LogP contribution in [0.3, 0.4) is 0 Å². The lowest BCUT2D eigenvalue weighted by atomic mass is 10.1. The molecule has 1 aromatic carbocycles. The van der Waals surface area contributed by atoms with E-state index in [9.17, 15) is 4.79 Å². The highest BCUT2D eigenvalue weighted by molar-refractivity contribution is 5.94. The van der Waals surface area contributed by atoms with Gasteiger partial charge in [0.25, 0.3) is 5.91 Å². The molecule has 25 heavy (non-hydrogen) atoms. The van der Waals surface area contributed by atoms with Crippen molar-refractivity contribution in [2.45, 2.75) is 71.1 Å². The van der Waals surface area contributed by atoms with Gasteiger partial charge in [-0.2, -0.15) is 0 Å². The topological polar surface area (TPSA) is 58.6 Å². The van der Waals surface area contributed by atoms with Gasteiger partial charge in [-0.05, 0) is 30.7 Å². The number of unbranched alkanes of at least 4 members (excludes halogenated alkanes) is 9. The SMILES string of the molecule is CCCCCCCCCCCCNC(=O)c1ccc(OCCO)cc1. The molecule has 0 heterocycles. The van der Waals surface area contributed by atoms with Gasteiger partial charge in [-0.15, -0.1) is 0 Å². The third-order valence-electron chi connectivity index (χ3n) is 4.29. The number of amides is 1. The Morgan fingerprint density at radius 2 is 1.48 bits per heavy atom. The predicted octanol–water partition coefficient (Wildman–Crippen LogP) is 4.71. The molecule has 0 unspecified atom stereocenters. The molecule has 4 nitrogen and oxygen atoms in total. The first-order chi connectivity index (χ1) is 12.3. The van der Waals surface area contributed by atoms with Gasteiger partial charge in [-0.25, -0.2) is 0 Å². The van der Waals surface area contributed by atoms with E-state index in [0.29, 0.717) is 11.3 Å². The van der Waals surface area contributed by atoms with Gasteiger partial charge in [-0.1, -0.05) is 64.7 Å². The molecule has 1 rings (SSSR count). The maximum Gasteiger partial charge on any atom is 0.251 e. The highest BCUT2D eigenvalue weighted by atomic mass is 16.5. The van der Waals surface area contributed by atoms with Crippen LogP contribution in [0, 0.1) is 0 Å². The van der Waals surface area contributed by atoms with Crippen LogP contribution in [0.5, 0.6) is 5.75 Å². The molecule has 0 saturated carbocycles. The molecule has 0 aliphatic heterocycles. The number of carbonyl (C=O) groups is 1. The molecule has 4 heteroatoms. The summed E-state index contributed by atoms with van der Waals surface area (Å²) in [6.45, 7) is 3.24. The second-order valence-electron chi connectivity index (χ2n) is 6.53. The number of hydrogen-bond acceptors (Lipinski definition) is 3. The number of rotatable bonds is 15. The maximum absolute atomic E-state index is 12.0. The first-order valence-electron chi connectivity index (χ1n) is 9.90. The van der Waals surface area contributed by atoms with Crippen molar-refractivity contribution in [2.75, 3.05) is 19.8 Å². The number of aliphatic hydroxyl groups excluding tert-OH is 1. The fraction of sp³-hybridized carbons (Fsp3) is 0.667. The van der Waals surface area contributed by atoms with Crippen LogP contribution in [-0.4, -0.2) is 30.8 Å². The summed E-state index contributed by atoms with van der Waals surface area (Å²) in [6.07, 6.45) is 13.0. The molecule has 0 aliphatic carbocycles. The maximum atomic E-state index is 12.0. The molecule has 0 saturated heterocycles. The van der Waals surface area contributed by atoms with Gasteiger partial charge in [0.05, 0.1) is 6.61 Å². The molecule has 1 aromatic rings. The van der Waals surface area contributed by atoms with Gasteiger partial charge in [0.1, 0.15) is 12.4 Å². The van der Waals surface area contributed by atoms with Crippen molar-refractivity contribution in [1.29, 1.82) is 0 Å². The van der Waals surface area contributed by atoms with Crippen molar-refractivity contribution in [3.05, 3.63) is 29.8 Å². The third kappa shape index (κ3) is 10.8. The molecular weight excluding hydrogens is 314 g/mol. The van der Waals surface area contributed by atoms with Crippen LogP contribution >= 0.6 is 0 Å². The Hall–Kier alpha value is -1.55. The molecule has 1 amide bonds. The molecule has 0 fully saturated rings. The lowest BCUT2D eigenvalue weighted by Gasteiger charge is -2.07. The highest BCUT2D eigenvalue weighted by Crippen LogP contribution is 2.12. The Morgan fingerprint density at radius 3 is 2.04 bits per heavy atom. The van der Waals surface area contributed by atoms with Crippen molar-refractivity contribution in [2.24, 2.45) is 0 Å². The van der Waals surface area contributed by atoms with Gasteiger partial charge < -0.3 is 15.2 Å². The zero-order valence-electron chi connectivity index (χ0n) is 15.8. The lowest BCUT2D eigenvalue weighted by Crippen LogP contribution is -2.24. The minimum Gasteiger partial charge on any atom is -0.491 e. The van der Waals surface area contributed by atoms with E-state index >= 15 is 0 Å². The van der Waals surface area contributed by atoms with E-state index in [0.717, 1.165) is 13.0 Å². The molecule has 0 spiro atoms. The van der Waals surface area contributed by atoms with E-state index in [1.54, 1.807) is 24.3 Å². The van der Waals surface area contributed by atoms with Crippen LogP contribution < -0.4 is 10.1 Å². The van der Waals surface area contributed by atoms with E-state index in [2.05, 4.69) is 12.2 Å². The number of carbonyl (C=O) groups excluding carboxylic acids is 1. The molecule has 0 aliphatic rings. The number of aliphatic hydroxyl groups is 1. The fourth-order valence-corrected chi connectivity index (χ4v) is 2.78. The predicted molar refractivity (Wildman–Crippen MR) is 103 cm³/mol. The summed E-state index contributed by atoms with van der Waals surface area (Å²) in [6, 6.07) is 7.01. The molecule has 142 valence electrons. The Kier molecular flexibility index (Phi) is 12.7. The van der Waals surface area contributed by atoms with Gasteiger partial charge in [0.2, 0.25) is 0 Å². The minimum atomic E-state index is -0.0374. The summed E-state index contributed by atoms with van der Waals surface area (Å²) in [4.78, 5) is 12.0. The van der Waals surface area contributed by atoms with Crippen LogP contribution in [0.1, 0.15) is 81.5 Å². The lowest BCUT2D eigenvalue weighted by molar-refractivity contribution is 0.0953. The van der Waals surface area contributed by atoms with E-state index in [1.165, 1.54) is 57.8 Å². The fourth-order valence-electron chi connectivity index (χ4n) is 2.78. The summed E-state index contributed by atoms with van der Waals surface area (Å²) in [5.74, 6) is 0.630. The van der Waals surface area contributed by atoms with E-state index in [1.807, 2.05) is 0 Å². The largest absolute Gasteiger partial charge is 0.491 e. The van der Waals surface area contributed by atoms with Gasteiger partial charge in [-0.3, -0.25) is 4.79 Å². The highest BCUT2D eigenvalue weighted by Gasteiger charge is 2.04. The van der Waals surface area contributed by atoms with E-state index in [4.69, 9.17) is 9.84 Å². The zero-order chi connectivity index (χ0) is 18.2. The van der Waals surface area contributed by atoms with Gasteiger partial charge >= 0.3 is 0 Å². The quantitative estimate of drug-likeness (QED) is 0.451. The van der Waals surface area contributed by atoms with Crippen LogP contribution in [0.2, 0.25) is 0 Å². The summed E-state index contributed by atoms with van der Waals surface area (Å²) < 4.78 is 5.28. The van der Waals surface area contributed by atoms with Crippen LogP contribution in [0.25, 0.3) is 0 Å². The van der Waals surface area contributed by atoms with Crippen LogP contribution in [0.15, 0.2) is 24.3 Å². The molecule has 2 N–H and O–H groups in total. The third-order valence-corrected chi connectivity index (χ3v) is 4.29. The summed E-state index contributed by atoms with van der Waals surface area (Å²) >= 11 is 0. The first-order valence-corrected chi connectivity index (χ1v) is 9.90. The standard InChI is InChI=1S/C21H35NO3/c1-2-3-4-5-6-7-8-9-10-11-16-22-21(24)19-12-14-20(15-13-19)25-18-17-23/h12-15,23H,2-11,16-18H2,1H3,(H,22,24). The Bertz CT molecular complexity index is 445. The van der Waals surface area contributed by atoms with E-state index < -0.39 is 0 Å².